The summed E-state index contributed by atoms with van der Waals surface area (Å²) in [5, 5.41) is 13.2. The summed E-state index contributed by atoms with van der Waals surface area (Å²) >= 11 is 6.24. The molecule has 1 atom stereocenters. The van der Waals surface area contributed by atoms with E-state index in [2.05, 4.69) is 25.6 Å². The summed E-state index contributed by atoms with van der Waals surface area (Å²) in [6, 6.07) is -0.346. The Morgan fingerprint density at radius 1 is 1.40 bits per heavy atom. The van der Waals surface area contributed by atoms with Gasteiger partial charge in [-0.3, -0.25) is 10.5 Å². The third kappa shape index (κ3) is 3.15. The number of hydrogen-bond acceptors (Lipinski definition) is 6. The molecular weight excluding hydrogens is 280 g/mol. The van der Waals surface area contributed by atoms with Gasteiger partial charge in [0.2, 0.25) is 0 Å². The number of halogens is 1. The lowest BCUT2D eigenvalue weighted by Crippen LogP contribution is -2.32. The number of likely N-dealkylation sites (N-methyl/N-ethyl adjacent to an activating group) is 1. The molecule has 0 aliphatic rings. The Balaban J connectivity index is 2.31. The summed E-state index contributed by atoms with van der Waals surface area (Å²) in [7, 11) is 5.76. The second-order valence-electron chi connectivity index (χ2n) is 4.76. The van der Waals surface area contributed by atoms with Crippen LogP contribution in [0.25, 0.3) is 0 Å². The maximum Gasteiger partial charge on any atom is 0.110 e. The minimum atomic E-state index is -0.346. The molecule has 3 N–H and O–H groups in total. The topological polar surface area (TPSA) is 89.8 Å². The van der Waals surface area contributed by atoms with Gasteiger partial charge in [-0.15, -0.1) is 0 Å². The summed E-state index contributed by atoms with van der Waals surface area (Å²) in [4.78, 5) is 3.56. The molecule has 1 unspecified atom stereocenters. The summed E-state index contributed by atoms with van der Waals surface area (Å²) in [5.74, 6) is 5.66. The highest BCUT2D eigenvalue weighted by atomic mass is 35.5. The van der Waals surface area contributed by atoms with E-state index >= 15 is 0 Å². The number of nitrogens with zero attached hydrogens (tertiary/aromatic N) is 6. The average Bonchev–Trinajstić information content (AvgIpc) is 2.97. The number of aromatic nitrogens is 5. The van der Waals surface area contributed by atoms with Crippen molar-refractivity contribution in [2.45, 2.75) is 12.6 Å². The lowest BCUT2D eigenvalue weighted by atomic mass is 10.1. The van der Waals surface area contributed by atoms with Crippen LogP contribution in [0.5, 0.6) is 0 Å². The van der Waals surface area contributed by atoms with Crippen LogP contribution >= 0.6 is 11.6 Å². The molecule has 0 aliphatic carbocycles. The van der Waals surface area contributed by atoms with Crippen molar-refractivity contribution in [3.63, 3.8) is 0 Å². The van der Waals surface area contributed by atoms with Crippen molar-refractivity contribution in [3.05, 3.63) is 28.8 Å². The largest absolute Gasteiger partial charge is 0.308 e. The highest BCUT2D eigenvalue weighted by Gasteiger charge is 2.23. The molecule has 0 saturated carbocycles. The normalized spacial score (nSPS) is 13.1. The zero-order chi connectivity index (χ0) is 14.7. The van der Waals surface area contributed by atoms with Gasteiger partial charge in [0.25, 0.3) is 0 Å². The van der Waals surface area contributed by atoms with Crippen LogP contribution in [-0.2, 0) is 13.6 Å². The van der Waals surface area contributed by atoms with E-state index in [1.165, 1.54) is 4.80 Å². The smallest absolute Gasteiger partial charge is 0.110 e. The number of hydrazine groups is 1. The average molecular weight is 299 g/mol. The molecule has 0 saturated heterocycles. The molecule has 0 aliphatic heterocycles. The van der Waals surface area contributed by atoms with Crippen LogP contribution in [0.4, 0.5) is 0 Å². The maximum atomic E-state index is 6.24. The molecule has 0 radical (unpaired) electrons. The predicted octanol–water partition coefficient (Wildman–Crippen LogP) is -0.221. The van der Waals surface area contributed by atoms with E-state index in [1.54, 1.807) is 19.4 Å². The Morgan fingerprint density at radius 2 is 2.15 bits per heavy atom. The zero-order valence-electron chi connectivity index (χ0n) is 11.8. The summed E-state index contributed by atoms with van der Waals surface area (Å²) in [6.07, 6.45) is 3.28. The van der Waals surface area contributed by atoms with Crippen LogP contribution in [0.15, 0.2) is 12.4 Å². The second-order valence-corrected chi connectivity index (χ2v) is 5.17. The lowest BCUT2D eigenvalue weighted by molar-refractivity contribution is 0.365. The van der Waals surface area contributed by atoms with Crippen molar-refractivity contribution < 1.29 is 0 Å². The molecule has 0 bridgehead atoms. The zero-order valence-corrected chi connectivity index (χ0v) is 12.5. The first-order valence-corrected chi connectivity index (χ1v) is 6.59. The van der Waals surface area contributed by atoms with Gasteiger partial charge in [-0.25, -0.2) is 5.43 Å². The molecule has 2 aromatic rings. The molecule has 0 spiro atoms. The summed E-state index contributed by atoms with van der Waals surface area (Å²) in [6.45, 7) is 1.57. The van der Waals surface area contributed by atoms with Gasteiger partial charge >= 0.3 is 0 Å². The van der Waals surface area contributed by atoms with Gasteiger partial charge in [0.05, 0.1) is 29.7 Å². The van der Waals surface area contributed by atoms with Gasteiger partial charge in [0.15, 0.2) is 0 Å². The quantitative estimate of drug-likeness (QED) is 0.566. The molecule has 0 aromatic carbocycles. The van der Waals surface area contributed by atoms with Crippen molar-refractivity contribution in [1.29, 1.82) is 0 Å². The van der Waals surface area contributed by atoms with E-state index in [9.17, 15) is 0 Å². The van der Waals surface area contributed by atoms with E-state index < -0.39 is 0 Å². The van der Waals surface area contributed by atoms with Crippen LogP contribution in [0.1, 0.15) is 17.4 Å². The Morgan fingerprint density at radius 3 is 2.70 bits per heavy atom. The van der Waals surface area contributed by atoms with E-state index in [0.29, 0.717) is 17.3 Å². The monoisotopic (exact) mass is 298 g/mol. The minimum absolute atomic E-state index is 0.346. The number of aryl methyl sites for hydroxylation is 1. The first-order valence-electron chi connectivity index (χ1n) is 6.21. The van der Waals surface area contributed by atoms with E-state index in [0.717, 1.165) is 12.2 Å². The van der Waals surface area contributed by atoms with Crippen LogP contribution in [0.3, 0.4) is 0 Å². The fraction of sp³-hybridized carbons (Fsp3) is 0.545. The van der Waals surface area contributed by atoms with Gasteiger partial charge < -0.3 is 4.90 Å². The predicted molar refractivity (Wildman–Crippen MR) is 76.0 cm³/mol. The van der Waals surface area contributed by atoms with Crippen LogP contribution in [0.2, 0.25) is 5.02 Å². The molecule has 2 aromatic heterocycles. The molecule has 2 heterocycles. The molecule has 8 nitrogen and oxygen atoms in total. The molecular formula is C11H19ClN8. The lowest BCUT2D eigenvalue weighted by Gasteiger charge is -2.17. The summed E-state index contributed by atoms with van der Waals surface area (Å²) in [5.41, 5.74) is 4.21. The number of nitrogens with two attached hydrogens (primary N) is 1. The first-order chi connectivity index (χ1) is 9.52. The fourth-order valence-electron chi connectivity index (χ4n) is 1.93. The Hall–Kier alpha value is -1.48. The minimum Gasteiger partial charge on any atom is -0.308 e. The molecule has 2 rings (SSSR count). The number of rotatable bonds is 6. The molecule has 0 amide bonds. The van der Waals surface area contributed by atoms with Gasteiger partial charge in [0, 0.05) is 13.6 Å². The first kappa shape index (κ1) is 14.9. The van der Waals surface area contributed by atoms with Crippen LogP contribution in [0, 0.1) is 0 Å². The van der Waals surface area contributed by atoms with Crippen molar-refractivity contribution in [2.75, 3.05) is 20.6 Å². The summed E-state index contributed by atoms with van der Waals surface area (Å²) < 4.78 is 1.83. The van der Waals surface area contributed by atoms with Crippen molar-refractivity contribution in [3.8, 4) is 0 Å². The van der Waals surface area contributed by atoms with E-state index in [4.69, 9.17) is 17.4 Å². The van der Waals surface area contributed by atoms with Crippen molar-refractivity contribution in [2.24, 2.45) is 12.9 Å². The molecule has 110 valence electrons. The highest BCUT2D eigenvalue weighted by molar-refractivity contribution is 6.31. The van der Waals surface area contributed by atoms with Crippen LogP contribution in [-0.4, -0.2) is 50.3 Å². The molecule has 9 heteroatoms. The molecule has 0 fully saturated rings. The third-order valence-electron chi connectivity index (χ3n) is 2.95. The highest BCUT2D eigenvalue weighted by Crippen LogP contribution is 2.26. The van der Waals surface area contributed by atoms with E-state index in [1.807, 2.05) is 18.8 Å². The maximum absolute atomic E-state index is 6.24. The Labute approximate surface area is 122 Å². The third-order valence-corrected chi connectivity index (χ3v) is 3.24. The number of hydrogen-bond donors (Lipinski definition) is 2. The van der Waals surface area contributed by atoms with Crippen molar-refractivity contribution >= 4 is 11.6 Å². The van der Waals surface area contributed by atoms with Gasteiger partial charge in [-0.1, -0.05) is 11.6 Å². The number of nitrogens with one attached hydrogen (secondary N) is 1. The van der Waals surface area contributed by atoms with Gasteiger partial charge in [-0.2, -0.15) is 20.1 Å². The van der Waals surface area contributed by atoms with Crippen LogP contribution < -0.4 is 11.3 Å². The fourth-order valence-corrected chi connectivity index (χ4v) is 2.18. The van der Waals surface area contributed by atoms with Gasteiger partial charge in [-0.05, 0) is 14.1 Å². The van der Waals surface area contributed by atoms with E-state index in [-0.39, 0.29) is 6.04 Å². The second kappa shape index (κ2) is 6.31. The van der Waals surface area contributed by atoms with Crippen molar-refractivity contribution in [1.82, 2.24) is 35.1 Å². The Kier molecular flexibility index (Phi) is 4.71. The molecule has 20 heavy (non-hydrogen) atoms. The van der Waals surface area contributed by atoms with Gasteiger partial charge in [0.1, 0.15) is 11.7 Å². The Bertz CT molecular complexity index is 561. The SMILES string of the molecule is CN(C)CCn1ncc(Cl)c1C(NN)c1cnn(C)n1. The standard InChI is InChI=1S/C11H19ClN8/c1-18(2)4-5-20-11(8(12)6-15-20)10(16-13)9-7-14-19(3)17-9/h6-7,10,16H,4-5,13H2,1-3H3.